The van der Waals surface area contributed by atoms with Crippen LogP contribution in [-0.4, -0.2) is 33.0 Å². The molecule has 2 rings (SSSR count). The Kier molecular flexibility index (Phi) is 5.57. The molecule has 2 aromatic rings. The van der Waals surface area contributed by atoms with Gasteiger partial charge in [-0.3, -0.25) is 9.59 Å². The second-order valence-electron chi connectivity index (χ2n) is 4.60. The minimum atomic E-state index is -0.325. The van der Waals surface area contributed by atoms with Crippen LogP contribution in [0.5, 0.6) is 17.2 Å². The smallest absolute Gasteiger partial charge is 0.262 e. The number of benzene rings is 2. The second kappa shape index (κ2) is 7.84. The van der Waals surface area contributed by atoms with Gasteiger partial charge in [0.15, 0.2) is 18.1 Å². The number of amides is 1. The van der Waals surface area contributed by atoms with Crippen LogP contribution in [0, 0.1) is 0 Å². The second-order valence-corrected chi connectivity index (χ2v) is 4.60. The number of ether oxygens (including phenoxy) is 3. The zero-order valence-corrected chi connectivity index (χ0v) is 12.9. The maximum Gasteiger partial charge on any atom is 0.262 e. The zero-order valence-electron chi connectivity index (χ0n) is 12.9. The van der Waals surface area contributed by atoms with Gasteiger partial charge < -0.3 is 19.5 Å². The standard InChI is InChI=1S/C17H17NO5/c1-21-15-7-6-13(9-16(15)22-2)18-17(20)11-23-14-5-3-4-12(8-14)10-19/h3-10H,11H2,1-2H3,(H,18,20). The molecule has 0 aliphatic carbocycles. The predicted octanol–water partition coefficient (Wildman–Crippen LogP) is 2.53. The van der Waals surface area contributed by atoms with Gasteiger partial charge in [0.2, 0.25) is 0 Å². The lowest BCUT2D eigenvalue weighted by Crippen LogP contribution is -2.20. The average molecular weight is 315 g/mol. The Bertz CT molecular complexity index is 699. The first kappa shape index (κ1) is 16.4. The summed E-state index contributed by atoms with van der Waals surface area (Å²) in [5, 5.41) is 2.70. The maximum atomic E-state index is 11.9. The van der Waals surface area contributed by atoms with Crippen molar-refractivity contribution in [3.05, 3.63) is 48.0 Å². The van der Waals surface area contributed by atoms with E-state index in [2.05, 4.69) is 5.32 Å². The summed E-state index contributed by atoms with van der Waals surface area (Å²) in [6, 6.07) is 11.6. The molecule has 0 atom stereocenters. The van der Waals surface area contributed by atoms with Crippen molar-refractivity contribution in [2.45, 2.75) is 0 Å². The molecule has 120 valence electrons. The quantitative estimate of drug-likeness (QED) is 0.795. The highest BCUT2D eigenvalue weighted by Gasteiger charge is 2.08. The highest BCUT2D eigenvalue weighted by Crippen LogP contribution is 2.29. The minimum absolute atomic E-state index is 0.170. The van der Waals surface area contributed by atoms with Crippen molar-refractivity contribution in [1.82, 2.24) is 0 Å². The molecule has 0 saturated heterocycles. The molecule has 0 radical (unpaired) electrons. The first-order valence-corrected chi connectivity index (χ1v) is 6.86. The van der Waals surface area contributed by atoms with Gasteiger partial charge in [0.25, 0.3) is 5.91 Å². The SMILES string of the molecule is COc1ccc(NC(=O)COc2cccc(C=O)c2)cc1OC. The van der Waals surface area contributed by atoms with Gasteiger partial charge in [0.05, 0.1) is 14.2 Å². The molecule has 1 N–H and O–H groups in total. The predicted molar refractivity (Wildman–Crippen MR) is 85.5 cm³/mol. The van der Waals surface area contributed by atoms with Crippen LogP contribution in [-0.2, 0) is 4.79 Å². The summed E-state index contributed by atoms with van der Waals surface area (Å²) in [7, 11) is 3.06. The Hall–Kier alpha value is -3.02. The molecule has 0 aromatic heterocycles. The van der Waals surface area contributed by atoms with Crippen molar-refractivity contribution in [3.8, 4) is 17.2 Å². The van der Waals surface area contributed by atoms with Gasteiger partial charge in [-0.25, -0.2) is 0 Å². The monoisotopic (exact) mass is 315 g/mol. The molecule has 0 heterocycles. The molecule has 6 nitrogen and oxygen atoms in total. The van der Waals surface area contributed by atoms with Crippen molar-refractivity contribution < 1.29 is 23.8 Å². The number of hydrogen-bond donors (Lipinski definition) is 1. The number of carbonyl (C=O) groups excluding carboxylic acids is 2. The third-order valence-electron chi connectivity index (χ3n) is 3.03. The third kappa shape index (κ3) is 4.47. The van der Waals surface area contributed by atoms with Gasteiger partial charge in [-0.1, -0.05) is 12.1 Å². The fourth-order valence-corrected chi connectivity index (χ4v) is 1.94. The van der Waals surface area contributed by atoms with Gasteiger partial charge in [0.1, 0.15) is 12.0 Å². The van der Waals surface area contributed by atoms with E-state index in [-0.39, 0.29) is 12.5 Å². The van der Waals surface area contributed by atoms with Gasteiger partial charge >= 0.3 is 0 Å². The van der Waals surface area contributed by atoms with E-state index < -0.39 is 0 Å². The summed E-state index contributed by atoms with van der Waals surface area (Å²) < 4.78 is 15.7. The van der Waals surface area contributed by atoms with Crippen LogP contribution < -0.4 is 19.5 Å². The number of methoxy groups -OCH3 is 2. The van der Waals surface area contributed by atoms with E-state index in [0.717, 1.165) is 6.29 Å². The fraction of sp³-hybridized carbons (Fsp3) is 0.176. The van der Waals surface area contributed by atoms with E-state index in [9.17, 15) is 9.59 Å². The lowest BCUT2D eigenvalue weighted by atomic mass is 10.2. The van der Waals surface area contributed by atoms with Crippen LogP contribution in [0.2, 0.25) is 0 Å². The normalized spacial score (nSPS) is 9.83. The van der Waals surface area contributed by atoms with E-state index in [1.165, 1.54) is 14.2 Å². The van der Waals surface area contributed by atoms with E-state index in [0.29, 0.717) is 28.5 Å². The summed E-state index contributed by atoms with van der Waals surface area (Å²) >= 11 is 0. The summed E-state index contributed by atoms with van der Waals surface area (Å²) in [6.07, 6.45) is 0.719. The molecule has 23 heavy (non-hydrogen) atoms. The molecule has 0 spiro atoms. The molecule has 1 amide bonds. The third-order valence-corrected chi connectivity index (χ3v) is 3.03. The summed E-state index contributed by atoms with van der Waals surface area (Å²) in [5.74, 6) is 1.23. The molecule has 2 aromatic carbocycles. The highest BCUT2D eigenvalue weighted by atomic mass is 16.5. The van der Waals surface area contributed by atoms with Crippen LogP contribution in [0.25, 0.3) is 0 Å². The van der Waals surface area contributed by atoms with Crippen molar-refractivity contribution >= 4 is 17.9 Å². The van der Waals surface area contributed by atoms with Crippen LogP contribution in [0.3, 0.4) is 0 Å². The number of nitrogens with one attached hydrogen (secondary N) is 1. The summed E-state index contributed by atoms with van der Waals surface area (Å²) in [5.41, 5.74) is 1.06. The van der Waals surface area contributed by atoms with Crippen molar-refractivity contribution in [1.29, 1.82) is 0 Å². The molecule has 6 heteroatoms. The molecular weight excluding hydrogens is 298 g/mol. The van der Waals surface area contributed by atoms with E-state index in [1.807, 2.05) is 0 Å². The Labute approximate surface area is 134 Å². The Morgan fingerprint density at radius 3 is 2.57 bits per heavy atom. The van der Waals surface area contributed by atoms with Gasteiger partial charge in [-0.05, 0) is 24.3 Å². The van der Waals surface area contributed by atoms with Gasteiger partial charge in [0, 0.05) is 17.3 Å². The van der Waals surface area contributed by atoms with Crippen molar-refractivity contribution in [2.75, 3.05) is 26.1 Å². The summed E-state index contributed by atoms with van der Waals surface area (Å²) in [4.78, 5) is 22.6. The lowest BCUT2D eigenvalue weighted by molar-refractivity contribution is -0.118. The van der Waals surface area contributed by atoms with E-state index >= 15 is 0 Å². The Morgan fingerprint density at radius 2 is 1.87 bits per heavy atom. The largest absolute Gasteiger partial charge is 0.493 e. The molecule has 0 fully saturated rings. The van der Waals surface area contributed by atoms with Crippen LogP contribution in [0.15, 0.2) is 42.5 Å². The maximum absolute atomic E-state index is 11.9. The Balaban J connectivity index is 1.95. The first-order chi connectivity index (χ1) is 11.2. The average Bonchev–Trinajstić information content (AvgIpc) is 2.60. The van der Waals surface area contributed by atoms with E-state index in [1.54, 1.807) is 42.5 Å². The number of rotatable bonds is 7. The minimum Gasteiger partial charge on any atom is -0.493 e. The van der Waals surface area contributed by atoms with Crippen LogP contribution >= 0.6 is 0 Å². The zero-order chi connectivity index (χ0) is 16.7. The van der Waals surface area contributed by atoms with Crippen molar-refractivity contribution in [3.63, 3.8) is 0 Å². The fourth-order valence-electron chi connectivity index (χ4n) is 1.94. The number of carbonyl (C=O) groups is 2. The molecule has 0 bridgehead atoms. The number of anilines is 1. The number of hydrogen-bond acceptors (Lipinski definition) is 5. The lowest BCUT2D eigenvalue weighted by Gasteiger charge is -2.11. The molecule has 0 saturated carbocycles. The van der Waals surface area contributed by atoms with Gasteiger partial charge in [-0.2, -0.15) is 0 Å². The molecule has 0 unspecified atom stereocenters. The molecule has 0 aliphatic heterocycles. The number of aldehydes is 1. The molecular formula is C17H17NO5. The van der Waals surface area contributed by atoms with Crippen LogP contribution in [0.1, 0.15) is 10.4 Å². The summed E-state index contributed by atoms with van der Waals surface area (Å²) in [6.45, 7) is -0.170. The molecule has 0 aliphatic rings. The Morgan fingerprint density at radius 1 is 1.09 bits per heavy atom. The topological polar surface area (TPSA) is 73.9 Å². The van der Waals surface area contributed by atoms with E-state index in [4.69, 9.17) is 14.2 Å². The highest BCUT2D eigenvalue weighted by molar-refractivity contribution is 5.92. The first-order valence-electron chi connectivity index (χ1n) is 6.86. The van der Waals surface area contributed by atoms with Crippen LogP contribution in [0.4, 0.5) is 5.69 Å². The van der Waals surface area contributed by atoms with Gasteiger partial charge in [-0.15, -0.1) is 0 Å². The van der Waals surface area contributed by atoms with Crippen molar-refractivity contribution in [2.24, 2.45) is 0 Å².